The van der Waals surface area contributed by atoms with Crippen molar-refractivity contribution in [2.24, 2.45) is 0 Å². The summed E-state index contributed by atoms with van der Waals surface area (Å²) in [5.41, 5.74) is 7.22. The average Bonchev–Trinajstić information content (AvgIpc) is 2.70. The number of nitrogens with one attached hydrogen (secondary N) is 3. The lowest BCUT2D eigenvalue weighted by atomic mass is 10.2. The molecule has 3 aromatic rings. The van der Waals surface area contributed by atoms with Crippen LogP contribution in [0.3, 0.4) is 0 Å². The first-order chi connectivity index (χ1) is 13.9. The summed E-state index contributed by atoms with van der Waals surface area (Å²) >= 11 is 0. The number of aliphatic hydroxyl groups excluding tert-OH is 1. The molecule has 0 spiro atoms. The smallest absolute Gasteiger partial charge is 0.280 e. The highest BCUT2D eigenvalue weighted by Gasteiger charge is 2.08. The van der Waals surface area contributed by atoms with Crippen molar-refractivity contribution >= 4 is 28.7 Å². The van der Waals surface area contributed by atoms with Gasteiger partial charge in [0, 0.05) is 24.2 Å². The molecule has 0 saturated carbocycles. The van der Waals surface area contributed by atoms with Gasteiger partial charge in [0.25, 0.3) is 11.5 Å². The van der Waals surface area contributed by atoms with Gasteiger partial charge in [0.1, 0.15) is 0 Å². The highest BCUT2D eigenvalue weighted by molar-refractivity contribution is 5.94. The molecular weight excluding hydrogens is 374 g/mol. The molecule has 0 aliphatic carbocycles. The zero-order valence-electron chi connectivity index (χ0n) is 15.6. The number of nitrogen functional groups attached to an aromatic ring is 1. The van der Waals surface area contributed by atoms with Gasteiger partial charge in [-0.05, 0) is 30.7 Å². The average molecular weight is 395 g/mol. The Hall–Kier alpha value is -3.95. The van der Waals surface area contributed by atoms with Gasteiger partial charge in [-0.15, -0.1) is 0 Å². The second kappa shape index (κ2) is 8.83. The van der Waals surface area contributed by atoms with E-state index in [2.05, 4.69) is 37.1 Å². The van der Waals surface area contributed by atoms with Gasteiger partial charge < -0.3 is 21.5 Å². The third kappa shape index (κ3) is 5.28. The standard InChI is InChI=1S/C19H21N7O3/c1-11(27)3-2-8-21-17(28)12-4-6-13(7-5-12)22-9-14-10-23-16-15(24-14)18(29)26-19(20)25-16/h4-7,10,22,27H,1-3,8-9H2,(H,21,28)(H3,20,23,25,26,29). The number of nitrogens with two attached hydrogens (primary N) is 1. The molecule has 2 aromatic heterocycles. The first kappa shape index (κ1) is 19.8. The van der Waals surface area contributed by atoms with Gasteiger partial charge in [-0.1, -0.05) is 6.58 Å². The first-order valence-electron chi connectivity index (χ1n) is 8.92. The van der Waals surface area contributed by atoms with Gasteiger partial charge in [0.2, 0.25) is 5.95 Å². The van der Waals surface area contributed by atoms with Crippen LogP contribution in [0.4, 0.5) is 11.6 Å². The number of hydrogen-bond donors (Lipinski definition) is 5. The van der Waals surface area contributed by atoms with Crippen molar-refractivity contribution in [1.29, 1.82) is 0 Å². The number of hydrogen-bond acceptors (Lipinski definition) is 8. The Morgan fingerprint density at radius 2 is 2.00 bits per heavy atom. The maximum atomic E-state index is 12.1. The summed E-state index contributed by atoms with van der Waals surface area (Å²) in [5, 5.41) is 15.0. The molecule has 0 saturated heterocycles. The van der Waals surface area contributed by atoms with Crippen molar-refractivity contribution in [1.82, 2.24) is 25.3 Å². The third-order valence-electron chi connectivity index (χ3n) is 4.03. The van der Waals surface area contributed by atoms with Crippen molar-refractivity contribution in [2.75, 3.05) is 17.6 Å². The van der Waals surface area contributed by atoms with E-state index in [1.807, 2.05) is 0 Å². The normalized spacial score (nSPS) is 10.6. The fraction of sp³-hybridized carbons (Fsp3) is 0.211. The minimum atomic E-state index is -0.444. The van der Waals surface area contributed by atoms with Crippen LogP contribution in [0.1, 0.15) is 28.9 Å². The van der Waals surface area contributed by atoms with Crippen LogP contribution in [0, 0.1) is 0 Å². The number of carbonyl (C=O) groups is 1. The Labute approximate surface area is 165 Å². The van der Waals surface area contributed by atoms with Gasteiger partial charge in [-0.2, -0.15) is 4.98 Å². The van der Waals surface area contributed by atoms with E-state index in [9.17, 15) is 9.59 Å². The summed E-state index contributed by atoms with van der Waals surface area (Å²) < 4.78 is 0. The van der Waals surface area contributed by atoms with Gasteiger partial charge in [-0.25, -0.2) is 9.97 Å². The zero-order valence-corrected chi connectivity index (χ0v) is 15.6. The van der Waals surface area contributed by atoms with Crippen LogP contribution in [0.5, 0.6) is 0 Å². The number of anilines is 2. The number of allylic oxidation sites excluding steroid dienone is 1. The summed E-state index contributed by atoms with van der Waals surface area (Å²) in [5.74, 6) is -0.0899. The summed E-state index contributed by atoms with van der Waals surface area (Å²) in [6.45, 7) is 4.20. The Bertz CT molecular complexity index is 1090. The topological polar surface area (TPSA) is 159 Å². The van der Waals surface area contributed by atoms with Crippen molar-refractivity contribution < 1.29 is 9.90 Å². The van der Waals surface area contributed by atoms with Crippen LogP contribution in [0.15, 0.2) is 47.6 Å². The number of nitrogens with zero attached hydrogens (tertiary/aromatic N) is 3. The Morgan fingerprint density at radius 3 is 2.72 bits per heavy atom. The van der Waals surface area contributed by atoms with Crippen LogP contribution >= 0.6 is 0 Å². The molecule has 0 unspecified atom stereocenters. The molecule has 10 nitrogen and oxygen atoms in total. The minimum Gasteiger partial charge on any atom is -0.513 e. The number of H-pyrrole nitrogens is 1. The molecule has 29 heavy (non-hydrogen) atoms. The molecule has 1 aromatic carbocycles. The fourth-order valence-corrected chi connectivity index (χ4v) is 2.58. The Balaban J connectivity index is 1.57. The lowest BCUT2D eigenvalue weighted by Gasteiger charge is -2.08. The number of aliphatic hydroxyl groups is 1. The minimum absolute atomic E-state index is 0.00865. The molecule has 0 radical (unpaired) electrons. The highest BCUT2D eigenvalue weighted by Crippen LogP contribution is 2.11. The predicted octanol–water partition coefficient (Wildman–Crippen LogP) is 1.49. The second-order valence-corrected chi connectivity index (χ2v) is 6.34. The number of amides is 1. The monoisotopic (exact) mass is 395 g/mol. The maximum absolute atomic E-state index is 12.1. The molecule has 0 bridgehead atoms. The number of aromatic amines is 1. The van der Waals surface area contributed by atoms with Gasteiger partial charge in [0.05, 0.1) is 24.2 Å². The van der Waals surface area contributed by atoms with Crippen molar-refractivity contribution in [3.8, 4) is 0 Å². The summed E-state index contributed by atoms with van der Waals surface area (Å²) in [6, 6.07) is 6.94. The SMILES string of the molecule is C=C(O)CCCNC(=O)c1ccc(NCc2cnc3nc(N)[nH]c(=O)c3n2)cc1. The van der Waals surface area contributed by atoms with Gasteiger partial charge in [-0.3, -0.25) is 14.6 Å². The molecule has 0 aliphatic heterocycles. The quantitative estimate of drug-likeness (QED) is 0.283. The summed E-state index contributed by atoms with van der Waals surface area (Å²) in [7, 11) is 0. The number of aromatic nitrogens is 4. The molecule has 6 N–H and O–H groups in total. The van der Waals surface area contributed by atoms with Crippen molar-refractivity contribution in [2.45, 2.75) is 19.4 Å². The lowest BCUT2D eigenvalue weighted by Crippen LogP contribution is -2.24. The third-order valence-corrected chi connectivity index (χ3v) is 4.03. The maximum Gasteiger partial charge on any atom is 0.280 e. The van der Waals surface area contributed by atoms with Crippen LogP contribution in [0.2, 0.25) is 0 Å². The van der Waals surface area contributed by atoms with E-state index in [-0.39, 0.29) is 28.8 Å². The van der Waals surface area contributed by atoms with Gasteiger partial charge >= 0.3 is 0 Å². The van der Waals surface area contributed by atoms with E-state index in [0.29, 0.717) is 37.2 Å². The van der Waals surface area contributed by atoms with E-state index < -0.39 is 5.56 Å². The predicted molar refractivity (Wildman–Crippen MR) is 109 cm³/mol. The van der Waals surface area contributed by atoms with E-state index >= 15 is 0 Å². The van der Waals surface area contributed by atoms with Crippen LogP contribution < -0.4 is 21.9 Å². The molecule has 0 atom stereocenters. The van der Waals surface area contributed by atoms with Crippen LogP contribution in [-0.4, -0.2) is 37.5 Å². The van der Waals surface area contributed by atoms with Gasteiger partial charge in [0.15, 0.2) is 11.2 Å². The highest BCUT2D eigenvalue weighted by atomic mass is 16.3. The number of benzene rings is 1. The molecule has 150 valence electrons. The Kier molecular flexibility index (Phi) is 6.03. The summed E-state index contributed by atoms with van der Waals surface area (Å²) in [4.78, 5) is 38.7. The van der Waals surface area contributed by atoms with Crippen LogP contribution in [0.25, 0.3) is 11.2 Å². The van der Waals surface area contributed by atoms with E-state index in [0.717, 1.165) is 5.69 Å². The van der Waals surface area contributed by atoms with E-state index in [1.54, 1.807) is 24.3 Å². The van der Waals surface area contributed by atoms with E-state index in [4.69, 9.17) is 10.8 Å². The van der Waals surface area contributed by atoms with Crippen molar-refractivity contribution in [3.63, 3.8) is 0 Å². The van der Waals surface area contributed by atoms with E-state index in [1.165, 1.54) is 6.20 Å². The molecule has 2 heterocycles. The molecule has 0 fully saturated rings. The molecule has 1 amide bonds. The lowest BCUT2D eigenvalue weighted by molar-refractivity contribution is 0.0953. The molecular formula is C19H21N7O3. The van der Waals surface area contributed by atoms with Crippen LogP contribution in [-0.2, 0) is 6.54 Å². The number of carbonyl (C=O) groups excluding carboxylic acids is 1. The fourth-order valence-electron chi connectivity index (χ4n) is 2.58. The zero-order chi connectivity index (χ0) is 20.8. The molecule has 10 heteroatoms. The molecule has 3 rings (SSSR count). The second-order valence-electron chi connectivity index (χ2n) is 6.34. The summed E-state index contributed by atoms with van der Waals surface area (Å²) in [6.07, 6.45) is 2.60. The van der Waals surface area contributed by atoms with Crippen molar-refractivity contribution in [3.05, 3.63) is 64.4 Å². The largest absolute Gasteiger partial charge is 0.513 e. The number of fused-ring (bicyclic) bond motifs is 1. The Morgan fingerprint density at radius 1 is 1.24 bits per heavy atom. The molecule has 0 aliphatic rings. The first-order valence-corrected chi connectivity index (χ1v) is 8.92. The number of rotatable bonds is 8.